The van der Waals surface area contributed by atoms with Crippen LogP contribution in [0.15, 0.2) is 47.4 Å². The Hall–Kier alpha value is -3.09. The molecule has 0 aliphatic rings. The Morgan fingerprint density at radius 1 is 1.15 bits per heavy atom. The molecular weight excluding hydrogens is 360 g/mol. The molecule has 0 aliphatic carbocycles. The van der Waals surface area contributed by atoms with Gasteiger partial charge in [-0.2, -0.15) is 5.26 Å². The first kappa shape index (κ1) is 19.2. The number of sulfonamides is 1. The molecule has 0 aromatic heterocycles. The number of hydrogen-bond acceptors (Lipinski definition) is 7. The molecule has 2 N–H and O–H groups in total. The van der Waals surface area contributed by atoms with Gasteiger partial charge >= 0.3 is 5.97 Å². The van der Waals surface area contributed by atoms with Crippen LogP contribution in [0, 0.1) is 11.3 Å². The number of carbonyl (C=O) groups is 1. The molecule has 0 spiro atoms. The fourth-order valence-corrected chi connectivity index (χ4v) is 2.75. The first-order chi connectivity index (χ1) is 12.3. The maximum atomic E-state index is 12.0. The lowest BCUT2D eigenvalue weighted by Crippen LogP contribution is -2.16. The molecule has 0 amide bonds. The topological polar surface area (TPSA) is 129 Å². The number of rotatable bonds is 7. The van der Waals surface area contributed by atoms with Crippen molar-refractivity contribution in [2.24, 2.45) is 5.14 Å². The van der Waals surface area contributed by atoms with E-state index in [2.05, 4.69) is 0 Å². The first-order valence-corrected chi connectivity index (χ1v) is 8.90. The van der Waals surface area contributed by atoms with Crippen molar-refractivity contribution >= 4 is 16.0 Å². The smallest absolute Gasteiger partial charge is 0.338 e. The highest BCUT2D eigenvalue weighted by Crippen LogP contribution is 2.24. The zero-order chi connectivity index (χ0) is 19.2. The third-order valence-electron chi connectivity index (χ3n) is 3.27. The van der Waals surface area contributed by atoms with Crippen LogP contribution in [0.2, 0.25) is 0 Å². The molecule has 26 heavy (non-hydrogen) atoms. The summed E-state index contributed by atoms with van der Waals surface area (Å²) in [6, 6.07) is 12.2. The van der Waals surface area contributed by atoms with Crippen LogP contribution in [-0.4, -0.2) is 34.7 Å². The number of hydrogen-bond donors (Lipinski definition) is 1. The minimum absolute atomic E-state index is 0.0215. The minimum atomic E-state index is -4.05. The zero-order valence-electron chi connectivity index (χ0n) is 13.8. The number of nitrogens with zero attached hydrogens (tertiary/aromatic N) is 1. The van der Waals surface area contributed by atoms with E-state index in [4.69, 9.17) is 24.6 Å². The lowest BCUT2D eigenvalue weighted by Gasteiger charge is -2.10. The molecule has 8 nitrogen and oxygen atoms in total. The number of methoxy groups -OCH3 is 1. The molecule has 2 rings (SSSR count). The van der Waals surface area contributed by atoms with Crippen molar-refractivity contribution in [1.82, 2.24) is 0 Å². The van der Waals surface area contributed by atoms with Crippen LogP contribution >= 0.6 is 0 Å². The molecule has 0 bridgehead atoms. The molecule has 0 radical (unpaired) electrons. The van der Waals surface area contributed by atoms with Crippen molar-refractivity contribution in [2.75, 3.05) is 20.3 Å². The summed E-state index contributed by atoms with van der Waals surface area (Å²) in [7, 11) is -2.75. The summed E-state index contributed by atoms with van der Waals surface area (Å²) < 4.78 is 38.5. The number of primary sulfonamides is 1. The maximum absolute atomic E-state index is 12.0. The van der Waals surface area contributed by atoms with Crippen molar-refractivity contribution in [2.45, 2.75) is 4.90 Å². The van der Waals surface area contributed by atoms with Crippen LogP contribution < -0.4 is 14.6 Å². The van der Waals surface area contributed by atoms with Gasteiger partial charge in [0.15, 0.2) is 0 Å². The minimum Gasteiger partial charge on any atom is -0.495 e. The molecule has 2 aromatic rings. The summed E-state index contributed by atoms with van der Waals surface area (Å²) in [5.74, 6) is -0.157. The van der Waals surface area contributed by atoms with Crippen LogP contribution in [0.3, 0.4) is 0 Å². The van der Waals surface area contributed by atoms with Crippen molar-refractivity contribution in [3.05, 3.63) is 53.6 Å². The number of benzene rings is 2. The van der Waals surface area contributed by atoms with Crippen molar-refractivity contribution in [3.8, 4) is 17.6 Å². The van der Waals surface area contributed by atoms with E-state index in [0.29, 0.717) is 11.3 Å². The Bertz CT molecular complexity index is 933. The van der Waals surface area contributed by atoms with Gasteiger partial charge in [-0.15, -0.1) is 0 Å². The molecule has 136 valence electrons. The van der Waals surface area contributed by atoms with E-state index in [-0.39, 0.29) is 29.4 Å². The third-order valence-corrected chi connectivity index (χ3v) is 4.21. The fraction of sp³-hybridized carbons (Fsp3) is 0.176. The number of esters is 1. The molecular formula is C17H16N2O6S. The second kappa shape index (κ2) is 8.33. The second-order valence-electron chi connectivity index (χ2n) is 5.03. The van der Waals surface area contributed by atoms with Crippen molar-refractivity contribution < 1.29 is 27.4 Å². The summed E-state index contributed by atoms with van der Waals surface area (Å²) in [5, 5.41) is 13.8. The Morgan fingerprint density at radius 2 is 1.85 bits per heavy atom. The van der Waals surface area contributed by atoms with Crippen LogP contribution in [0.5, 0.6) is 11.5 Å². The second-order valence-corrected chi connectivity index (χ2v) is 6.56. The molecule has 0 saturated carbocycles. The first-order valence-electron chi connectivity index (χ1n) is 7.36. The largest absolute Gasteiger partial charge is 0.495 e. The summed E-state index contributed by atoms with van der Waals surface area (Å²) in [6.45, 7) is 0.0470. The third kappa shape index (κ3) is 4.95. The van der Waals surface area contributed by atoms with Gasteiger partial charge in [-0.25, -0.2) is 18.4 Å². The Balaban J connectivity index is 1.94. The average molecular weight is 376 g/mol. The fourth-order valence-electron chi connectivity index (χ4n) is 2.03. The van der Waals surface area contributed by atoms with E-state index in [0.717, 1.165) is 6.07 Å². The Labute approximate surface area is 150 Å². The molecule has 2 aromatic carbocycles. The number of nitriles is 1. The van der Waals surface area contributed by atoms with E-state index in [1.807, 2.05) is 6.07 Å². The predicted molar refractivity (Wildman–Crippen MR) is 91.3 cm³/mol. The summed E-state index contributed by atoms with van der Waals surface area (Å²) in [4.78, 5) is 11.7. The van der Waals surface area contributed by atoms with Gasteiger partial charge in [0.1, 0.15) is 29.6 Å². The van der Waals surface area contributed by atoms with Gasteiger partial charge in [0.2, 0.25) is 10.0 Å². The summed E-state index contributed by atoms with van der Waals surface area (Å²) in [5.41, 5.74) is 0.530. The van der Waals surface area contributed by atoms with Gasteiger partial charge in [-0.3, -0.25) is 0 Å². The van der Waals surface area contributed by atoms with Crippen LogP contribution in [0.1, 0.15) is 15.9 Å². The van der Waals surface area contributed by atoms with Gasteiger partial charge in [0.05, 0.1) is 24.3 Å². The van der Waals surface area contributed by atoms with Crippen molar-refractivity contribution in [1.29, 1.82) is 5.26 Å². The van der Waals surface area contributed by atoms with E-state index in [1.165, 1.54) is 19.2 Å². The number of carbonyl (C=O) groups excluding carboxylic acids is 1. The monoisotopic (exact) mass is 376 g/mol. The van der Waals surface area contributed by atoms with Crippen LogP contribution in [0.4, 0.5) is 0 Å². The van der Waals surface area contributed by atoms with Gasteiger partial charge in [0.25, 0.3) is 0 Å². The maximum Gasteiger partial charge on any atom is 0.338 e. The van der Waals surface area contributed by atoms with Gasteiger partial charge in [-0.05, 0) is 42.5 Å². The zero-order valence-corrected chi connectivity index (χ0v) is 14.7. The lowest BCUT2D eigenvalue weighted by molar-refractivity contribution is 0.0450. The van der Waals surface area contributed by atoms with E-state index in [9.17, 15) is 13.2 Å². The summed E-state index contributed by atoms with van der Waals surface area (Å²) in [6.07, 6.45) is 0. The Morgan fingerprint density at radius 3 is 2.42 bits per heavy atom. The predicted octanol–water partition coefficient (Wildman–Crippen LogP) is 1.45. The van der Waals surface area contributed by atoms with Crippen LogP contribution in [-0.2, 0) is 14.8 Å². The van der Waals surface area contributed by atoms with E-state index < -0.39 is 16.0 Å². The highest BCUT2D eigenvalue weighted by Gasteiger charge is 2.18. The SMILES string of the molecule is COc1ccc(C(=O)OCCOc2ccc(C#N)cc2)cc1S(N)(=O)=O. The van der Waals surface area contributed by atoms with Crippen LogP contribution in [0.25, 0.3) is 0 Å². The van der Waals surface area contributed by atoms with E-state index in [1.54, 1.807) is 24.3 Å². The molecule has 9 heteroatoms. The quantitative estimate of drug-likeness (QED) is 0.572. The average Bonchev–Trinajstić information content (AvgIpc) is 2.64. The normalized spacial score (nSPS) is 10.7. The van der Waals surface area contributed by atoms with Gasteiger partial charge < -0.3 is 14.2 Å². The number of nitrogens with two attached hydrogens (primary N) is 1. The highest BCUT2D eigenvalue weighted by molar-refractivity contribution is 7.89. The Kier molecular flexibility index (Phi) is 6.16. The molecule has 0 heterocycles. The molecule has 0 atom stereocenters. The lowest BCUT2D eigenvalue weighted by atomic mass is 10.2. The van der Waals surface area contributed by atoms with Gasteiger partial charge in [0, 0.05) is 0 Å². The standard InChI is InChI=1S/C17H16N2O6S/c1-23-15-7-4-13(10-16(15)26(19,21)22)17(20)25-9-8-24-14-5-2-12(11-18)3-6-14/h2-7,10H,8-9H2,1H3,(H2,19,21,22). The van der Waals surface area contributed by atoms with Gasteiger partial charge in [-0.1, -0.05) is 0 Å². The summed E-state index contributed by atoms with van der Waals surface area (Å²) >= 11 is 0. The molecule has 0 fully saturated rings. The highest BCUT2D eigenvalue weighted by atomic mass is 32.2. The molecule has 0 unspecified atom stereocenters. The molecule has 0 aliphatic heterocycles. The number of ether oxygens (including phenoxy) is 3. The van der Waals surface area contributed by atoms with Crippen molar-refractivity contribution in [3.63, 3.8) is 0 Å². The molecule has 0 saturated heterocycles. The van der Waals surface area contributed by atoms with E-state index >= 15 is 0 Å².